The van der Waals surface area contributed by atoms with E-state index in [1.807, 2.05) is 0 Å². The molecule has 6 nitrogen and oxygen atoms in total. The molecule has 4 aromatic rings. The second-order valence-corrected chi connectivity index (χ2v) is 6.30. The van der Waals surface area contributed by atoms with Crippen molar-refractivity contribution in [2.45, 2.75) is 12.8 Å². The summed E-state index contributed by atoms with van der Waals surface area (Å²) in [5, 5.41) is 22.2. The van der Waals surface area contributed by atoms with Gasteiger partial charge in [0.15, 0.2) is 0 Å². The summed E-state index contributed by atoms with van der Waals surface area (Å²) in [5.41, 5.74) is -1.44. The van der Waals surface area contributed by atoms with E-state index in [2.05, 4.69) is 0 Å². The first kappa shape index (κ1) is 17.6. The van der Waals surface area contributed by atoms with E-state index in [0.29, 0.717) is 10.8 Å². The van der Waals surface area contributed by atoms with Gasteiger partial charge in [0.05, 0.1) is 21.9 Å². The first-order valence-electron chi connectivity index (χ1n) is 8.65. The molecule has 0 unspecified atom stereocenters. The highest BCUT2D eigenvalue weighted by molar-refractivity contribution is 5.86. The summed E-state index contributed by atoms with van der Waals surface area (Å²) in [6.45, 7) is 1.70. The van der Waals surface area contributed by atoms with Gasteiger partial charge in [-0.1, -0.05) is 36.4 Å². The lowest BCUT2D eigenvalue weighted by Crippen LogP contribution is -2.19. The molecule has 2 N–H and O–H groups in total. The Bertz CT molecular complexity index is 1240. The molecular weight excluding hydrogens is 360 g/mol. The summed E-state index contributed by atoms with van der Waals surface area (Å²) in [5.74, 6) is -1.66. The van der Waals surface area contributed by atoms with Gasteiger partial charge in [0, 0.05) is 5.92 Å². The van der Waals surface area contributed by atoms with Gasteiger partial charge in [-0.25, -0.2) is 9.59 Å². The molecule has 0 fully saturated rings. The van der Waals surface area contributed by atoms with Crippen LogP contribution in [0.3, 0.4) is 0 Å². The van der Waals surface area contributed by atoms with Gasteiger partial charge >= 0.3 is 11.3 Å². The maximum Gasteiger partial charge on any atom is 0.344 e. The molecule has 4 rings (SSSR count). The van der Waals surface area contributed by atoms with Gasteiger partial charge in [-0.2, -0.15) is 0 Å². The van der Waals surface area contributed by atoms with Crippen LogP contribution in [0.15, 0.2) is 79.1 Å². The quantitative estimate of drug-likeness (QED) is 0.414. The standard InChI is InChI=1S/C22H16O6/c1-2-7-14(17-19(23)12-8-3-5-10-15(12)27-21(17)25)18-20(24)13-9-4-6-11-16(13)28-22(18)26/h2-11,14,23-24H,1H3/b7-2+. The van der Waals surface area contributed by atoms with Crippen molar-refractivity contribution in [2.75, 3.05) is 0 Å². The Hall–Kier alpha value is -3.80. The van der Waals surface area contributed by atoms with Gasteiger partial charge in [-0.15, -0.1) is 0 Å². The predicted molar refractivity (Wildman–Crippen MR) is 105 cm³/mol. The fourth-order valence-electron chi connectivity index (χ4n) is 3.37. The number of fused-ring (bicyclic) bond motifs is 2. The van der Waals surface area contributed by atoms with Crippen LogP contribution in [0.2, 0.25) is 0 Å². The highest BCUT2D eigenvalue weighted by atomic mass is 16.4. The van der Waals surface area contributed by atoms with Gasteiger partial charge in [-0.3, -0.25) is 0 Å². The molecule has 6 heteroatoms. The van der Waals surface area contributed by atoms with E-state index in [-0.39, 0.29) is 33.8 Å². The molecule has 0 saturated heterocycles. The van der Waals surface area contributed by atoms with Crippen molar-refractivity contribution in [3.8, 4) is 11.5 Å². The number of rotatable bonds is 3. The molecule has 2 heterocycles. The van der Waals surface area contributed by atoms with Crippen molar-refractivity contribution in [2.24, 2.45) is 0 Å². The number of aromatic hydroxyl groups is 2. The minimum atomic E-state index is -1.05. The number of hydrogen-bond donors (Lipinski definition) is 2. The molecule has 0 saturated carbocycles. The van der Waals surface area contributed by atoms with E-state index < -0.39 is 17.2 Å². The second-order valence-electron chi connectivity index (χ2n) is 6.30. The summed E-state index contributed by atoms with van der Waals surface area (Å²) < 4.78 is 10.7. The summed E-state index contributed by atoms with van der Waals surface area (Å²) >= 11 is 0. The van der Waals surface area contributed by atoms with Crippen molar-refractivity contribution in [3.63, 3.8) is 0 Å². The first-order chi connectivity index (χ1) is 13.5. The Kier molecular flexibility index (Phi) is 4.24. The maximum atomic E-state index is 12.7. The van der Waals surface area contributed by atoms with E-state index in [9.17, 15) is 19.8 Å². The lowest BCUT2D eigenvalue weighted by atomic mass is 9.90. The Morgan fingerprint density at radius 2 is 1.21 bits per heavy atom. The van der Waals surface area contributed by atoms with Gasteiger partial charge < -0.3 is 19.0 Å². The highest BCUT2D eigenvalue weighted by Gasteiger charge is 2.29. The molecule has 0 radical (unpaired) electrons. The number of allylic oxidation sites excluding steroid dienone is 2. The predicted octanol–water partition coefficient (Wildman–Crippen LogP) is 4.02. The van der Waals surface area contributed by atoms with Crippen LogP contribution in [-0.4, -0.2) is 10.2 Å². The normalized spacial score (nSPS) is 11.8. The smallest absolute Gasteiger partial charge is 0.344 e. The van der Waals surface area contributed by atoms with Crippen molar-refractivity contribution in [3.05, 3.63) is 92.7 Å². The van der Waals surface area contributed by atoms with Gasteiger partial charge in [0.2, 0.25) is 0 Å². The van der Waals surface area contributed by atoms with E-state index in [1.165, 1.54) is 6.08 Å². The average molecular weight is 376 g/mol. The molecule has 2 aromatic carbocycles. The van der Waals surface area contributed by atoms with Crippen molar-refractivity contribution in [1.82, 2.24) is 0 Å². The van der Waals surface area contributed by atoms with E-state index >= 15 is 0 Å². The monoisotopic (exact) mass is 376 g/mol. The van der Waals surface area contributed by atoms with E-state index in [1.54, 1.807) is 61.5 Å². The van der Waals surface area contributed by atoms with Crippen LogP contribution in [0.25, 0.3) is 21.9 Å². The number of hydrogen-bond acceptors (Lipinski definition) is 6. The van der Waals surface area contributed by atoms with E-state index in [0.717, 1.165) is 0 Å². The largest absolute Gasteiger partial charge is 0.507 e. The summed E-state index contributed by atoms with van der Waals surface area (Å²) in [6.07, 6.45) is 3.15. The zero-order chi connectivity index (χ0) is 19.8. The van der Waals surface area contributed by atoms with E-state index in [4.69, 9.17) is 8.83 Å². The molecule has 0 aliphatic rings. The third kappa shape index (κ3) is 2.66. The molecule has 28 heavy (non-hydrogen) atoms. The van der Waals surface area contributed by atoms with Crippen molar-refractivity contribution >= 4 is 21.9 Å². The van der Waals surface area contributed by atoms with Crippen LogP contribution in [-0.2, 0) is 0 Å². The minimum Gasteiger partial charge on any atom is -0.507 e. The topological polar surface area (TPSA) is 101 Å². The van der Waals surface area contributed by atoms with Crippen molar-refractivity contribution in [1.29, 1.82) is 0 Å². The Labute approximate surface area is 158 Å². The average Bonchev–Trinajstić information content (AvgIpc) is 2.68. The number of para-hydroxylation sites is 2. The summed E-state index contributed by atoms with van der Waals surface area (Å²) in [7, 11) is 0. The maximum absolute atomic E-state index is 12.7. The fourth-order valence-corrected chi connectivity index (χ4v) is 3.37. The molecule has 0 aliphatic heterocycles. The van der Waals surface area contributed by atoms with Gasteiger partial charge in [0.1, 0.15) is 22.7 Å². The molecule has 0 atom stereocenters. The van der Waals surface area contributed by atoms with Crippen molar-refractivity contribution < 1.29 is 19.0 Å². The molecule has 0 aliphatic carbocycles. The van der Waals surface area contributed by atoms with Crippen LogP contribution in [0.4, 0.5) is 0 Å². The highest BCUT2D eigenvalue weighted by Crippen LogP contribution is 2.38. The third-order valence-electron chi connectivity index (χ3n) is 4.65. The second kappa shape index (κ2) is 6.74. The fraction of sp³-hybridized carbons (Fsp3) is 0.0909. The van der Waals surface area contributed by atoms with Crippen LogP contribution < -0.4 is 11.3 Å². The molecular formula is C22H16O6. The number of benzene rings is 2. The zero-order valence-electron chi connectivity index (χ0n) is 14.9. The third-order valence-corrected chi connectivity index (χ3v) is 4.65. The van der Waals surface area contributed by atoms with Gasteiger partial charge in [0.25, 0.3) is 0 Å². The first-order valence-corrected chi connectivity index (χ1v) is 8.65. The molecule has 0 amide bonds. The van der Waals surface area contributed by atoms with Crippen LogP contribution in [0.5, 0.6) is 11.5 Å². The molecule has 140 valence electrons. The minimum absolute atomic E-state index is 0.144. The van der Waals surface area contributed by atoms with Crippen LogP contribution in [0.1, 0.15) is 24.0 Å². The molecule has 0 bridgehead atoms. The molecule has 2 aromatic heterocycles. The Morgan fingerprint density at radius 1 is 0.786 bits per heavy atom. The van der Waals surface area contributed by atoms with Gasteiger partial charge in [-0.05, 0) is 31.2 Å². The molecule has 0 spiro atoms. The Balaban J connectivity index is 2.08. The lowest BCUT2D eigenvalue weighted by molar-refractivity contribution is 0.443. The zero-order valence-corrected chi connectivity index (χ0v) is 14.9. The van der Waals surface area contributed by atoms with Crippen LogP contribution >= 0.6 is 0 Å². The van der Waals surface area contributed by atoms with Crippen LogP contribution in [0, 0.1) is 0 Å². The lowest BCUT2D eigenvalue weighted by Gasteiger charge is -2.16. The Morgan fingerprint density at radius 3 is 1.64 bits per heavy atom. The summed E-state index contributed by atoms with van der Waals surface area (Å²) in [6, 6.07) is 13.1. The SMILES string of the molecule is C/C=C/C(c1c(O)c2ccccc2oc1=O)c1c(O)c2ccccc2oc1=O. The summed E-state index contributed by atoms with van der Waals surface area (Å²) in [4.78, 5) is 25.3.